The molecule has 2 aromatic rings. The third-order valence-corrected chi connectivity index (χ3v) is 3.73. The fourth-order valence-corrected chi connectivity index (χ4v) is 2.43. The zero-order valence-electron chi connectivity index (χ0n) is 8.45. The molecule has 0 radical (unpaired) electrons. The van der Waals surface area contributed by atoms with Crippen LogP contribution in [0.4, 0.5) is 5.69 Å². The Morgan fingerprint density at radius 1 is 1.50 bits per heavy atom. The van der Waals surface area contributed by atoms with Gasteiger partial charge in [-0.15, -0.1) is 11.3 Å². The van der Waals surface area contributed by atoms with Gasteiger partial charge in [-0.05, 0) is 24.6 Å². The zero-order valence-corrected chi connectivity index (χ0v) is 9.27. The van der Waals surface area contributed by atoms with E-state index in [9.17, 15) is 0 Å². The number of aromatic nitrogens is 1. The monoisotopic (exact) mass is 206 g/mol. The summed E-state index contributed by atoms with van der Waals surface area (Å²) < 4.78 is 1.23. The van der Waals surface area contributed by atoms with Crippen molar-refractivity contribution in [1.82, 2.24) is 4.98 Å². The van der Waals surface area contributed by atoms with Crippen LogP contribution in [0.25, 0.3) is 10.2 Å². The van der Waals surface area contributed by atoms with Gasteiger partial charge in [-0.3, -0.25) is 0 Å². The molecule has 1 heterocycles. The van der Waals surface area contributed by atoms with E-state index in [2.05, 4.69) is 18.8 Å². The smallest absolute Gasteiger partial charge is 0.0966 e. The largest absolute Gasteiger partial charge is 0.399 e. The topological polar surface area (TPSA) is 38.9 Å². The second-order valence-corrected chi connectivity index (χ2v) is 4.65. The summed E-state index contributed by atoms with van der Waals surface area (Å²) in [5.74, 6) is 0.550. The van der Waals surface area contributed by atoms with Crippen molar-refractivity contribution in [3.63, 3.8) is 0 Å². The third kappa shape index (κ3) is 1.60. The van der Waals surface area contributed by atoms with Crippen LogP contribution >= 0.6 is 11.3 Å². The maximum absolute atomic E-state index is 5.71. The molecule has 0 fully saturated rings. The summed E-state index contributed by atoms with van der Waals surface area (Å²) in [4.78, 5) is 4.58. The van der Waals surface area contributed by atoms with E-state index in [1.54, 1.807) is 11.3 Å². The van der Waals surface area contributed by atoms with Crippen LogP contribution in [0.5, 0.6) is 0 Å². The number of fused-ring (bicyclic) bond motifs is 1. The number of nitrogen functional groups attached to an aromatic ring is 1. The van der Waals surface area contributed by atoms with Gasteiger partial charge in [0.15, 0.2) is 0 Å². The van der Waals surface area contributed by atoms with E-state index in [-0.39, 0.29) is 0 Å². The minimum Gasteiger partial charge on any atom is -0.399 e. The predicted molar refractivity (Wildman–Crippen MR) is 62.7 cm³/mol. The van der Waals surface area contributed by atoms with Gasteiger partial charge in [0.25, 0.3) is 0 Å². The lowest BCUT2D eigenvalue weighted by atomic mass is 10.1. The van der Waals surface area contributed by atoms with Crippen LogP contribution in [-0.4, -0.2) is 4.98 Å². The fraction of sp³-hybridized carbons (Fsp3) is 0.364. The average Bonchev–Trinajstić information content (AvgIpc) is 2.59. The summed E-state index contributed by atoms with van der Waals surface area (Å²) in [6, 6.07) is 5.92. The molecule has 1 atom stereocenters. The summed E-state index contributed by atoms with van der Waals surface area (Å²) in [7, 11) is 0. The molecule has 0 unspecified atom stereocenters. The van der Waals surface area contributed by atoms with E-state index in [4.69, 9.17) is 5.73 Å². The van der Waals surface area contributed by atoms with Crippen LogP contribution in [0.15, 0.2) is 18.2 Å². The van der Waals surface area contributed by atoms with E-state index >= 15 is 0 Å². The highest BCUT2D eigenvalue weighted by Gasteiger charge is 2.09. The Balaban J connectivity index is 2.51. The van der Waals surface area contributed by atoms with Crippen LogP contribution in [0, 0.1) is 0 Å². The molecule has 1 aromatic carbocycles. The molecular formula is C11H14N2S. The number of rotatable bonds is 2. The predicted octanol–water partition coefficient (Wildman–Crippen LogP) is 3.39. The molecule has 2 N–H and O–H groups in total. The number of thiazole rings is 1. The molecule has 0 aliphatic heterocycles. The van der Waals surface area contributed by atoms with Crippen molar-refractivity contribution in [2.75, 3.05) is 5.73 Å². The summed E-state index contributed by atoms with van der Waals surface area (Å²) >= 11 is 1.77. The minimum absolute atomic E-state index is 0.550. The lowest BCUT2D eigenvalue weighted by Crippen LogP contribution is -1.88. The van der Waals surface area contributed by atoms with E-state index < -0.39 is 0 Å². The maximum Gasteiger partial charge on any atom is 0.0966 e. The first-order valence-electron chi connectivity index (χ1n) is 4.86. The minimum atomic E-state index is 0.550. The molecule has 0 amide bonds. The number of anilines is 1. The first-order chi connectivity index (χ1) is 6.70. The number of nitrogens with two attached hydrogens (primary N) is 1. The molecule has 0 saturated heterocycles. The normalized spacial score (nSPS) is 13.3. The van der Waals surface area contributed by atoms with Gasteiger partial charge < -0.3 is 5.73 Å². The molecular weight excluding hydrogens is 192 g/mol. The van der Waals surface area contributed by atoms with Crippen molar-refractivity contribution < 1.29 is 0 Å². The Labute approximate surface area is 87.8 Å². The molecule has 0 saturated carbocycles. The Kier molecular flexibility index (Phi) is 2.42. The van der Waals surface area contributed by atoms with Crippen molar-refractivity contribution in [1.29, 1.82) is 0 Å². The van der Waals surface area contributed by atoms with Crippen LogP contribution in [0.2, 0.25) is 0 Å². The van der Waals surface area contributed by atoms with Gasteiger partial charge in [0.2, 0.25) is 0 Å². The number of benzene rings is 1. The van der Waals surface area contributed by atoms with Crippen LogP contribution < -0.4 is 5.73 Å². The van der Waals surface area contributed by atoms with E-state index in [1.807, 2.05) is 18.2 Å². The van der Waals surface area contributed by atoms with Gasteiger partial charge in [0.05, 0.1) is 15.2 Å². The van der Waals surface area contributed by atoms with Gasteiger partial charge >= 0.3 is 0 Å². The second kappa shape index (κ2) is 3.58. The SMILES string of the molecule is CC[C@H](C)c1nc2cc(N)ccc2s1. The Morgan fingerprint density at radius 3 is 3.00 bits per heavy atom. The Morgan fingerprint density at radius 2 is 2.29 bits per heavy atom. The lowest BCUT2D eigenvalue weighted by molar-refractivity contribution is 0.729. The molecule has 0 spiro atoms. The van der Waals surface area contributed by atoms with Crippen LogP contribution in [0.3, 0.4) is 0 Å². The quantitative estimate of drug-likeness (QED) is 0.765. The second-order valence-electron chi connectivity index (χ2n) is 3.59. The highest BCUT2D eigenvalue weighted by molar-refractivity contribution is 7.18. The van der Waals surface area contributed by atoms with E-state index in [0.717, 1.165) is 17.6 Å². The maximum atomic E-state index is 5.71. The summed E-state index contributed by atoms with van der Waals surface area (Å²) in [5.41, 5.74) is 7.53. The van der Waals surface area contributed by atoms with Gasteiger partial charge in [-0.1, -0.05) is 13.8 Å². The number of hydrogen-bond acceptors (Lipinski definition) is 3. The van der Waals surface area contributed by atoms with Gasteiger partial charge in [0.1, 0.15) is 0 Å². The third-order valence-electron chi connectivity index (χ3n) is 2.46. The molecule has 0 aliphatic rings. The molecule has 3 heteroatoms. The number of nitrogens with zero attached hydrogens (tertiary/aromatic N) is 1. The van der Waals surface area contributed by atoms with Gasteiger partial charge in [0, 0.05) is 11.6 Å². The molecule has 1 aromatic heterocycles. The van der Waals surface area contributed by atoms with Crippen molar-refractivity contribution >= 4 is 27.2 Å². The summed E-state index contributed by atoms with van der Waals surface area (Å²) in [6.45, 7) is 4.40. The van der Waals surface area contributed by atoms with E-state index in [0.29, 0.717) is 5.92 Å². The van der Waals surface area contributed by atoms with E-state index in [1.165, 1.54) is 9.71 Å². The zero-order chi connectivity index (χ0) is 10.1. The van der Waals surface area contributed by atoms with Crippen molar-refractivity contribution in [2.45, 2.75) is 26.2 Å². The first-order valence-corrected chi connectivity index (χ1v) is 5.68. The Hall–Kier alpha value is -1.09. The molecule has 0 aliphatic carbocycles. The highest BCUT2D eigenvalue weighted by atomic mass is 32.1. The molecule has 74 valence electrons. The number of hydrogen-bond donors (Lipinski definition) is 1. The van der Waals surface area contributed by atoms with Crippen molar-refractivity contribution in [2.24, 2.45) is 0 Å². The van der Waals surface area contributed by atoms with Crippen LogP contribution in [0.1, 0.15) is 31.2 Å². The van der Waals surface area contributed by atoms with Gasteiger partial charge in [-0.25, -0.2) is 4.98 Å². The van der Waals surface area contributed by atoms with Gasteiger partial charge in [-0.2, -0.15) is 0 Å². The fourth-order valence-electron chi connectivity index (χ4n) is 1.35. The summed E-state index contributed by atoms with van der Waals surface area (Å²) in [6.07, 6.45) is 1.13. The highest BCUT2D eigenvalue weighted by Crippen LogP contribution is 2.29. The molecule has 0 bridgehead atoms. The van der Waals surface area contributed by atoms with Crippen molar-refractivity contribution in [3.8, 4) is 0 Å². The molecule has 2 nitrogen and oxygen atoms in total. The summed E-state index contributed by atoms with van der Waals surface area (Å²) in [5, 5.41) is 1.22. The van der Waals surface area contributed by atoms with Crippen molar-refractivity contribution in [3.05, 3.63) is 23.2 Å². The van der Waals surface area contributed by atoms with Crippen LogP contribution in [-0.2, 0) is 0 Å². The average molecular weight is 206 g/mol. The Bertz CT molecular complexity index is 447. The first kappa shape index (κ1) is 9.46. The lowest BCUT2D eigenvalue weighted by Gasteiger charge is -2.00. The molecule has 14 heavy (non-hydrogen) atoms. The standard InChI is InChI=1S/C11H14N2S/c1-3-7(2)11-13-9-6-8(12)4-5-10(9)14-11/h4-7H,3,12H2,1-2H3/t7-/m0/s1. The molecule has 2 rings (SSSR count).